The Morgan fingerprint density at radius 2 is 2.00 bits per heavy atom. The van der Waals surface area contributed by atoms with Gasteiger partial charge in [-0.15, -0.1) is 0 Å². The fourth-order valence-corrected chi connectivity index (χ4v) is 3.61. The van der Waals surface area contributed by atoms with Crippen LogP contribution in [0.4, 0.5) is 24.7 Å². The third-order valence-electron chi connectivity index (χ3n) is 5.12. The molecule has 0 amide bonds. The quantitative estimate of drug-likeness (QED) is 0.314. The third-order valence-corrected chi connectivity index (χ3v) is 5.33. The van der Waals surface area contributed by atoms with E-state index in [-0.39, 0.29) is 11.2 Å². The van der Waals surface area contributed by atoms with E-state index in [1.54, 1.807) is 36.3 Å². The minimum absolute atomic E-state index is 0.0974. The number of nitrogens with zero attached hydrogens (tertiary/aromatic N) is 7. The smallest absolute Gasteiger partial charge is 0.408 e. The zero-order valence-electron chi connectivity index (χ0n) is 19.4. The van der Waals surface area contributed by atoms with Crippen LogP contribution in [0.1, 0.15) is 13.3 Å². The normalized spacial score (nSPS) is 12.5. The fourth-order valence-electron chi connectivity index (χ4n) is 3.45. The van der Waals surface area contributed by atoms with Gasteiger partial charge < -0.3 is 15.8 Å². The van der Waals surface area contributed by atoms with Crippen LogP contribution in [0, 0.1) is 0 Å². The number of hydrogen-bond acceptors (Lipinski definition) is 8. The molecule has 0 aromatic carbocycles. The molecular formula is C22H23ClF3N9O. The topological polar surface area (TPSA) is 122 Å². The van der Waals surface area contributed by atoms with E-state index in [1.165, 1.54) is 18.5 Å². The van der Waals surface area contributed by atoms with Gasteiger partial charge in [0.1, 0.15) is 23.1 Å². The second-order valence-electron chi connectivity index (χ2n) is 8.04. The molecule has 3 N–H and O–H groups in total. The zero-order chi connectivity index (χ0) is 25.9. The van der Waals surface area contributed by atoms with Crippen LogP contribution in [-0.4, -0.2) is 53.3 Å². The molecule has 0 aliphatic heterocycles. The zero-order valence-corrected chi connectivity index (χ0v) is 20.1. The van der Waals surface area contributed by atoms with E-state index < -0.39 is 12.7 Å². The monoisotopic (exact) mass is 521 g/mol. The first-order chi connectivity index (χ1) is 17.1. The van der Waals surface area contributed by atoms with Gasteiger partial charge in [-0.1, -0.05) is 11.6 Å². The van der Waals surface area contributed by atoms with Gasteiger partial charge in [-0.3, -0.25) is 4.68 Å². The molecule has 1 atom stereocenters. The maximum Gasteiger partial charge on any atom is 0.408 e. The van der Waals surface area contributed by atoms with Crippen LogP contribution < -0.4 is 15.8 Å². The van der Waals surface area contributed by atoms with Gasteiger partial charge in [0.15, 0.2) is 5.82 Å². The third kappa shape index (κ3) is 6.22. The number of anilines is 2. The minimum Gasteiger partial charge on any atom is -0.477 e. The molecule has 0 fully saturated rings. The van der Waals surface area contributed by atoms with Crippen molar-refractivity contribution in [2.45, 2.75) is 32.1 Å². The van der Waals surface area contributed by atoms with E-state index in [2.05, 4.69) is 30.5 Å². The first-order valence-electron chi connectivity index (χ1n) is 10.9. The Labute approximate surface area is 209 Å². The highest BCUT2D eigenvalue weighted by Crippen LogP contribution is 2.30. The highest BCUT2D eigenvalue weighted by atomic mass is 35.5. The number of aryl methyl sites for hydroxylation is 1. The summed E-state index contributed by atoms with van der Waals surface area (Å²) in [6, 6.07) is 4.60. The molecule has 0 aliphatic carbocycles. The van der Waals surface area contributed by atoms with E-state index >= 15 is 0 Å². The number of nitrogens with two attached hydrogens (primary N) is 1. The Hall–Kier alpha value is -3.87. The molecule has 36 heavy (non-hydrogen) atoms. The molecule has 190 valence electrons. The van der Waals surface area contributed by atoms with Crippen molar-refractivity contribution in [3.63, 3.8) is 0 Å². The number of rotatable bonds is 9. The molecule has 4 aromatic rings. The van der Waals surface area contributed by atoms with Gasteiger partial charge in [0.25, 0.3) is 0 Å². The Balaban J connectivity index is 1.43. The van der Waals surface area contributed by atoms with E-state index in [0.717, 1.165) is 4.68 Å². The molecule has 10 nitrogen and oxygen atoms in total. The Bertz CT molecular complexity index is 1340. The van der Waals surface area contributed by atoms with Crippen molar-refractivity contribution in [3.05, 3.63) is 48.1 Å². The lowest BCUT2D eigenvalue weighted by atomic mass is 10.1. The Kier molecular flexibility index (Phi) is 7.29. The largest absolute Gasteiger partial charge is 0.477 e. The standard InChI is InChI=1S/C22H23ClF3N9O/c1-13(5-8-36-21-15(11-30-34(21)2)20-28-6-3-19(27)32-20)31-17-9-18(23)29-10-14(17)16-4-7-35(33-16)12-22(24,25)26/h3-4,6-7,9-11,13H,5,8,12H2,1-2H3,(H,29,31)(H2,27,28,32)/t13-/m0/s1. The maximum atomic E-state index is 12.7. The first kappa shape index (κ1) is 25.2. The van der Waals surface area contributed by atoms with E-state index in [0.29, 0.717) is 53.1 Å². The van der Waals surface area contributed by atoms with Crippen LogP contribution in [0.3, 0.4) is 0 Å². The van der Waals surface area contributed by atoms with E-state index in [9.17, 15) is 13.2 Å². The summed E-state index contributed by atoms with van der Waals surface area (Å²) < 4.78 is 46.5. The van der Waals surface area contributed by atoms with Crippen LogP contribution in [0.2, 0.25) is 5.15 Å². The number of aromatic nitrogens is 7. The highest BCUT2D eigenvalue weighted by molar-refractivity contribution is 6.29. The van der Waals surface area contributed by atoms with Crippen molar-refractivity contribution in [2.75, 3.05) is 17.7 Å². The number of alkyl halides is 3. The number of nitrogens with one attached hydrogen (secondary N) is 1. The SMILES string of the molecule is C[C@@H](CCOc1c(-c2nccc(N)n2)cnn1C)Nc1cc(Cl)ncc1-c1ccn(CC(F)(F)F)n1. The van der Waals surface area contributed by atoms with Crippen LogP contribution in [-0.2, 0) is 13.6 Å². The molecule has 0 bridgehead atoms. The summed E-state index contributed by atoms with van der Waals surface area (Å²) in [5, 5.41) is 11.8. The lowest BCUT2D eigenvalue weighted by Gasteiger charge is -2.18. The van der Waals surface area contributed by atoms with Crippen molar-refractivity contribution < 1.29 is 17.9 Å². The van der Waals surface area contributed by atoms with Crippen LogP contribution in [0.25, 0.3) is 22.6 Å². The highest BCUT2D eigenvalue weighted by Gasteiger charge is 2.28. The summed E-state index contributed by atoms with van der Waals surface area (Å²) in [5.41, 5.74) is 7.84. The van der Waals surface area contributed by atoms with Gasteiger partial charge in [0.2, 0.25) is 5.88 Å². The van der Waals surface area contributed by atoms with Gasteiger partial charge in [0.05, 0.1) is 18.5 Å². The van der Waals surface area contributed by atoms with Gasteiger partial charge in [-0.2, -0.15) is 23.4 Å². The molecule has 0 saturated heterocycles. The van der Waals surface area contributed by atoms with Crippen molar-refractivity contribution in [3.8, 4) is 28.5 Å². The van der Waals surface area contributed by atoms with Crippen molar-refractivity contribution in [1.29, 1.82) is 0 Å². The molecule has 0 unspecified atom stereocenters. The van der Waals surface area contributed by atoms with Gasteiger partial charge in [0, 0.05) is 49.4 Å². The number of hydrogen-bond donors (Lipinski definition) is 2. The number of halogens is 4. The maximum absolute atomic E-state index is 12.7. The van der Waals surface area contributed by atoms with Crippen molar-refractivity contribution >= 4 is 23.1 Å². The average Bonchev–Trinajstić information content (AvgIpc) is 3.39. The molecule has 0 saturated carbocycles. The molecule has 0 radical (unpaired) electrons. The number of pyridine rings is 1. The summed E-state index contributed by atoms with van der Waals surface area (Å²) in [6.07, 6.45) is 2.11. The molecule has 14 heteroatoms. The molecule has 0 spiro atoms. The predicted molar refractivity (Wildman–Crippen MR) is 128 cm³/mol. The van der Waals surface area contributed by atoms with Crippen molar-refractivity contribution in [2.24, 2.45) is 7.05 Å². The summed E-state index contributed by atoms with van der Waals surface area (Å²) in [7, 11) is 1.75. The van der Waals surface area contributed by atoms with Crippen molar-refractivity contribution in [1.82, 2.24) is 34.5 Å². The number of ether oxygens (including phenoxy) is 1. The minimum atomic E-state index is -4.37. The summed E-state index contributed by atoms with van der Waals surface area (Å²) in [4.78, 5) is 12.5. The molecule has 0 aliphatic rings. The summed E-state index contributed by atoms with van der Waals surface area (Å²) in [6.45, 7) is 1.09. The lowest BCUT2D eigenvalue weighted by Crippen LogP contribution is -2.20. The van der Waals surface area contributed by atoms with Gasteiger partial charge in [-0.05, 0) is 25.1 Å². The predicted octanol–water partition coefficient (Wildman–Crippen LogP) is 4.20. The molecule has 4 heterocycles. The first-order valence-corrected chi connectivity index (χ1v) is 11.2. The lowest BCUT2D eigenvalue weighted by molar-refractivity contribution is -0.142. The Morgan fingerprint density at radius 1 is 1.19 bits per heavy atom. The van der Waals surface area contributed by atoms with Gasteiger partial charge >= 0.3 is 6.18 Å². The van der Waals surface area contributed by atoms with Crippen LogP contribution in [0.15, 0.2) is 43.0 Å². The Morgan fingerprint density at radius 3 is 2.75 bits per heavy atom. The van der Waals surface area contributed by atoms with Crippen LogP contribution >= 0.6 is 11.6 Å². The molecule has 4 aromatic heterocycles. The molecule has 4 rings (SSSR count). The average molecular weight is 522 g/mol. The summed E-state index contributed by atoms with van der Waals surface area (Å²) in [5.74, 6) is 1.24. The van der Waals surface area contributed by atoms with Crippen LogP contribution in [0.5, 0.6) is 5.88 Å². The summed E-state index contributed by atoms with van der Waals surface area (Å²) >= 11 is 6.08. The van der Waals surface area contributed by atoms with E-state index in [4.69, 9.17) is 22.1 Å². The second-order valence-corrected chi connectivity index (χ2v) is 8.43. The fraction of sp³-hybridized carbons (Fsp3) is 0.318. The number of nitrogen functional groups attached to an aromatic ring is 1. The second kappa shape index (κ2) is 10.4. The van der Waals surface area contributed by atoms with E-state index in [1.807, 2.05) is 6.92 Å². The van der Waals surface area contributed by atoms with Gasteiger partial charge in [-0.25, -0.2) is 19.6 Å². The molecular weight excluding hydrogens is 499 g/mol.